The summed E-state index contributed by atoms with van der Waals surface area (Å²) in [6, 6.07) is 4.34. The van der Waals surface area contributed by atoms with Crippen LogP contribution in [0, 0.1) is 5.82 Å². The summed E-state index contributed by atoms with van der Waals surface area (Å²) < 4.78 is 54.0. The molecule has 0 heterocycles. The van der Waals surface area contributed by atoms with Gasteiger partial charge in [-0.05, 0) is 37.1 Å². The Balaban J connectivity index is 2.43. The van der Waals surface area contributed by atoms with Crippen LogP contribution in [0.5, 0.6) is 5.75 Å². The smallest absolute Gasteiger partial charge is 0.389 e. The van der Waals surface area contributed by atoms with Crippen LogP contribution in [0.25, 0.3) is 0 Å². The fraction of sp³-hybridized carbons (Fsp3) is 0.500. The van der Waals surface area contributed by atoms with E-state index in [1.54, 1.807) is 6.07 Å². The Morgan fingerprint density at radius 1 is 1.22 bits per heavy atom. The minimum Gasteiger partial charge on any atom is -0.491 e. The fourth-order valence-electron chi connectivity index (χ4n) is 1.44. The van der Waals surface area contributed by atoms with E-state index in [0.717, 1.165) is 5.56 Å². The highest BCUT2D eigenvalue weighted by Gasteiger charge is 2.26. The molecule has 6 heteroatoms. The first-order chi connectivity index (χ1) is 8.42. The SMILES string of the molecule is NCCc1ccc(OCCCC(F)(F)F)c(F)c1. The van der Waals surface area contributed by atoms with Crippen molar-refractivity contribution < 1.29 is 22.3 Å². The predicted molar refractivity (Wildman–Crippen MR) is 59.9 cm³/mol. The van der Waals surface area contributed by atoms with Crippen molar-refractivity contribution in [3.05, 3.63) is 29.6 Å². The second-order valence-electron chi connectivity index (χ2n) is 3.87. The second-order valence-corrected chi connectivity index (χ2v) is 3.87. The first kappa shape index (κ1) is 14.8. The largest absolute Gasteiger partial charge is 0.491 e. The van der Waals surface area contributed by atoms with Crippen molar-refractivity contribution in [3.8, 4) is 5.75 Å². The summed E-state index contributed by atoms with van der Waals surface area (Å²) in [5.41, 5.74) is 6.06. The van der Waals surface area contributed by atoms with Gasteiger partial charge in [-0.1, -0.05) is 6.07 Å². The number of nitrogens with two attached hydrogens (primary N) is 1. The van der Waals surface area contributed by atoms with E-state index in [0.29, 0.717) is 13.0 Å². The highest BCUT2D eigenvalue weighted by Crippen LogP contribution is 2.22. The topological polar surface area (TPSA) is 35.2 Å². The molecule has 0 amide bonds. The molecule has 0 radical (unpaired) electrons. The summed E-state index contributed by atoms with van der Waals surface area (Å²) in [5.74, 6) is -0.606. The van der Waals surface area contributed by atoms with E-state index < -0.39 is 18.4 Å². The van der Waals surface area contributed by atoms with Gasteiger partial charge in [-0.25, -0.2) is 4.39 Å². The standard InChI is InChI=1S/C12H15F4NO/c13-10-8-9(4-6-17)2-3-11(10)18-7-1-5-12(14,15)16/h2-3,8H,1,4-7,17H2. The maximum Gasteiger partial charge on any atom is 0.389 e. The summed E-state index contributed by atoms with van der Waals surface area (Å²) in [6.45, 7) is 0.248. The molecule has 0 aromatic heterocycles. The molecule has 1 rings (SSSR count). The minimum absolute atomic E-state index is 0.0297. The van der Waals surface area contributed by atoms with Gasteiger partial charge in [0.25, 0.3) is 0 Å². The third-order valence-electron chi connectivity index (χ3n) is 2.29. The van der Waals surface area contributed by atoms with Gasteiger partial charge in [-0.3, -0.25) is 0 Å². The Kier molecular flexibility index (Phi) is 5.40. The van der Waals surface area contributed by atoms with Gasteiger partial charge in [0.2, 0.25) is 0 Å². The average Bonchev–Trinajstić information content (AvgIpc) is 2.26. The zero-order chi connectivity index (χ0) is 13.6. The minimum atomic E-state index is -4.20. The number of hydrogen-bond acceptors (Lipinski definition) is 2. The van der Waals surface area contributed by atoms with Crippen LogP contribution in [-0.2, 0) is 6.42 Å². The molecular weight excluding hydrogens is 250 g/mol. The van der Waals surface area contributed by atoms with Gasteiger partial charge in [0.15, 0.2) is 11.6 Å². The highest BCUT2D eigenvalue weighted by atomic mass is 19.4. The lowest BCUT2D eigenvalue weighted by atomic mass is 10.1. The van der Waals surface area contributed by atoms with Gasteiger partial charge in [0.05, 0.1) is 6.61 Å². The zero-order valence-electron chi connectivity index (χ0n) is 9.77. The molecule has 0 atom stereocenters. The number of ether oxygens (including phenoxy) is 1. The third kappa shape index (κ3) is 5.35. The van der Waals surface area contributed by atoms with Crippen molar-refractivity contribution in [1.82, 2.24) is 0 Å². The summed E-state index contributed by atoms with van der Waals surface area (Å²) in [4.78, 5) is 0. The van der Waals surface area contributed by atoms with E-state index in [4.69, 9.17) is 10.5 Å². The number of benzene rings is 1. The quantitative estimate of drug-likeness (QED) is 0.633. The van der Waals surface area contributed by atoms with Crippen molar-refractivity contribution in [2.75, 3.05) is 13.2 Å². The molecule has 0 aliphatic heterocycles. The molecular formula is C12H15F4NO. The Bertz CT molecular complexity index is 379. The maximum absolute atomic E-state index is 13.4. The number of hydrogen-bond donors (Lipinski definition) is 1. The first-order valence-electron chi connectivity index (χ1n) is 5.60. The van der Waals surface area contributed by atoms with E-state index >= 15 is 0 Å². The van der Waals surface area contributed by atoms with Gasteiger partial charge in [-0.2, -0.15) is 13.2 Å². The van der Waals surface area contributed by atoms with Crippen LogP contribution in [0.2, 0.25) is 0 Å². The van der Waals surface area contributed by atoms with Gasteiger partial charge in [0.1, 0.15) is 0 Å². The molecule has 2 nitrogen and oxygen atoms in total. The van der Waals surface area contributed by atoms with Crippen LogP contribution < -0.4 is 10.5 Å². The Hall–Kier alpha value is -1.30. The second kappa shape index (κ2) is 6.58. The van der Waals surface area contributed by atoms with E-state index in [1.165, 1.54) is 12.1 Å². The lowest BCUT2D eigenvalue weighted by Crippen LogP contribution is -2.10. The molecule has 0 aliphatic carbocycles. The van der Waals surface area contributed by atoms with E-state index in [1.807, 2.05) is 0 Å². The van der Waals surface area contributed by atoms with E-state index in [2.05, 4.69) is 0 Å². The number of halogens is 4. The molecule has 18 heavy (non-hydrogen) atoms. The molecule has 102 valence electrons. The lowest BCUT2D eigenvalue weighted by Gasteiger charge is -2.09. The monoisotopic (exact) mass is 265 g/mol. The van der Waals surface area contributed by atoms with E-state index in [9.17, 15) is 17.6 Å². The normalized spacial score (nSPS) is 11.6. The van der Waals surface area contributed by atoms with Gasteiger partial charge in [0, 0.05) is 6.42 Å². The first-order valence-corrected chi connectivity index (χ1v) is 5.60. The molecule has 1 aromatic carbocycles. The van der Waals surface area contributed by atoms with Gasteiger partial charge < -0.3 is 10.5 Å². The Morgan fingerprint density at radius 3 is 2.50 bits per heavy atom. The molecule has 2 N–H and O–H groups in total. The zero-order valence-corrected chi connectivity index (χ0v) is 9.77. The predicted octanol–water partition coefficient (Wildman–Crippen LogP) is 3.05. The summed E-state index contributed by atoms with van der Waals surface area (Å²) in [6.07, 6.45) is -4.77. The van der Waals surface area contributed by atoms with Gasteiger partial charge in [-0.15, -0.1) is 0 Å². The van der Waals surface area contributed by atoms with Crippen molar-refractivity contribution >= 4 is 0 Å². The van der Waals surface area contributed by atoms with Crippen LogP contribution in [0.4, 0.5) is 17.6 Å². The summed E-state index contributed by atoms with van der Waals surface area (Å²) in [5, 5.41) is 0. The van der Waals surface area contributed by atoms with Crippen molar-refractivity contribution in [3.63, 3.8) is 0 Å². The molecule has 0 saturated heterocycles. The van der Waals surface area contributed by atoms with Crippen LogP contribution in [-0.4, -0.2) is 19.3 Å². The third-order valence-corrected chi connectivity index (χ3v) is 2.29. The maximum atomic E-state index is 13.4. The Morgan fingerprint density at radius 2 is 1.94 bits per heavy atom. The van der Waals surface area contributed by atoms with Crippen LogP contribution >= 0.6 is 0 Å². The molecule has 0 unspecified atom stereocenters. The molecule has 1 aromatic rings. The number of alkyl halides is 3. The highest BCUT2D eigenvalue weighted by molar-refractivity contribution is 5.29. The lowest BCUT2D eigenvalue weighted by molar-refractivity contribution is -0.136. The van der Waals surface area contributed by atoms with Crippen LogP contribution in [0.1, 0.15) is 18.4 Å². The Labute approximate surface area is 103 Å². The summed E-state index contributed by atoms with van der Waals surface area (Å²) >= 11 is 0. The summed E-state index contributed by atoms with van der Waals surface area (Å²) in [7, 11) is 0. The van der Waals surface area contributed by atoms with Crippen LogP contribution in [0.15, 0.2) is 18.2 Å². The van der Waals surface area contributed by atoms with Crippen molar-refractivity contribution in [2.24, 2.45) is 5.73 Å². The molecule has 0 fully saturated rings. The van der Waals surface area contributed by atoms with Crippen molar-refractivity contribution in [2.45, 2.75) is 25.4 Å². The van der Waals surface area contributed by atoms with Crippen molar-refractivity contribution in [1.29, 1.82) is 0 Å². The molecule has 0 spiro atoms. The molecule has 0 aliphatic rings. The average molecular weight is 265 g/mol. The van der Waals surface area contributed by atoms with E-state index in [-0.39, 0.29) is 18.8 Å². The van der Waals surface area contributed by atoms with Crippen LogP contribution in [0.3, 0.4) is 0 Å². The number of rotatable bonds is 6. The van der Waals surface area contributed by atoms with Gasteiger partial charge >= 0.3 is 6.18 Å². The fourth-order valence-corrected chi connectivity index (χ4v) is 1.44. The molecule has 0 bridgehead atoms. The molecule has 0 saturated carbocycles.